The van der Waals surface area contributed by atoms with Crippen LogP contribution in [0, 0.1) is 5.92 Å². The normalized spacial score (nSPS) is 17.4. The molecule has 2 unspecified atom stereocenters. The molecule has 27 heavy (non-hydrogen) atoms. The summed E-state index contributed by atoms with van der Waals surface area (Å²) in [5.41, 5.74) is 2.30. The summed E-state index contributed by atoms with van der Waals surface area (Å²) >= 11 is 0. The van der Waals surface area contributed by atoms with Crippen LogP contribution in [0.1, 0.15) is 26.2 Å². The average molecular weight is 389 g/mol. The summed E-state index contributed by atoms with van der Waals surface area (Å²) in [4.78, 5) is 12.2. The van der Waals surface area contributed by atoms with E-state index in [0.29, 0.717) is 18.2 Å². The molecule has 0 bridgehead atoms. The van der Waals surface area contributed by atoms with Gasteiger partial charge in [-0.3, -0.25) is 4.79 Å². The maximum Gasteiger partial charge on any atom is 0.260 e. The molecule has 2 aromatic carbocycles. The summed E-state index contributed by atoms with van der Waals surface area (Å²) in [7, 11) is 0. The molecule has 1 heterocycles. The molecule has 1 aliphatic heterocycles. The Morgan fingerprint density at radius 3 is 2.52 bits per heavy atom. The number of ether oxygens (including phenoxy) is 1. The molecular formula is C22H29ClN2O2. The Kier molecular flexibility index (Phi) is 8.62. The molecule has 4 nitrogen and oxygen atoms in total. The quantitative estimate of drug-likeness (QED) is 0.752. The number of hydrogen-bond acceptors (Lipinski definition) is 3. The van der Waals surface area contributed by atoms with Crippen molar-refractivity contribution in [2.24, 2.45) is 5.92 Å². The number of rotatable bonds is 7. The number of nitrogens with one attached hydrogen (secondary N) is 2. The van der Waals surface area contributed by atoms with Gasteiger partial charge in [0.1, 0.15) is 5.75 Å². The van der Waals surface area contributed by atoms with E-state index in [4.69, 9.17) is 4.74 Å². The molecule has 0 saturated carbocycles. The van der Waals surface area contributed by atoms with Gasteiger partial charge in [0, 0.05) is 6.54 Å². The van der Waals surface area contributed by atoms with E-state index in [1.807, 2.05) is 42.5 Å². The van der Waals surface area contributed by atoms with Crippen LogP contribution in [0.5, 0.6) is 5.75 Å². The van der Waals surface area contributed by atoms with Crippen LogP contribution in [0.3, 0.4) is 0 Å². The molecule has 146 valence electrons. The molecule has 2 atom stereocenters. The second-order valence-electron chi connectivity index (χ2n) is 6.94. The van der Waals surface area contributed by atoms with Crippen LogP contribution in [-0.4, -0.2) is 31.6 Å². The fourth-order valence-corrected chi connectivity index (χ4v) is 3.33. The average Bonchev–Trinajstić information content (AvgIpc) is 2.70. The van der Waals surface area contributed by atoms with Gasteiger partial charge in [0.15, 0.2) is 6.10 Å². The van der Waals surface area contributed by atoms with Gasteiger partial charge in [-0.05, 0) is 68.5 Å². The Balaban J connectivity index is 0.00000261. The Morgan fingerprint density at radius 1 is 1.15 bits per heavy atom. The van der Waals surface area contributed by atoms with Crippen molar-refractivity contribution in [3.63, 3.8) is 0 Å². The first-order valence-electron chi connectivity index (χ1n) is 9.53. The predicted octanol–water partition coefficient (Wildman–Crippen LogP) is 4.05. The van der Waals surface area contributed by atoms with E-state index in [1.165, 1.54) is 18.4 Å². The highest BCUT2D eigenvalue weighted by Gasteiger charge is 2.16. The first-order chi connectivity index (χ1) is 12.7. The largest absolute Gasteiger partial charge is 0.481 e. The third kappa shape index (κ3) is 6.56. The van der Waals surface area contributed by atoms with Crippen LogP contribution in [0.4, 0.5) is 0 Å². The van der Waals surface area contributed by atoms with Crippen molar-refractivity contribution in [1.82, 2.24) is 10.6 Å². The molecule has 1 fully saturated rings. The minimum atomic E-state index is -0.498. The monoisotopic (exact) mass is 388 g/mol. The zero-order valence-corrected chi connectivity index (χ0v) is 16.6. The molecule has 5 heteroatoms. The van der Waals surface area contributed by atoms with Crippen LogP contribution in [0.25, 0.3) is 11.1 Å². The summed E-state index contributed by atoms with van der Waals surface area (Å²) in [5.74, 6) is 1.33. The predicted molar refractivity (Wildman–Crippen MR) is 112 cm³/mol. The van der Waals surface area contributed by atoms with E-state index < -0.39 is 6.10 Å². The first-order valence-corrected chi connectivity index (χ1v) is 9.53. The van der Waals surface area contributed by atoms with E-state index in [-0.39, 0.29) is 18.3 Å². The van der Waals surface area contributed by atoms with Gasteiger partial charge >= 0.3 is 0 Å². The van der Waals surface area contributed by atoms with Crippen LogP contribution in [-0.2, 0) is 4.79 Å². The van der Waals surface area contributed by atoms with Crippen molar-refractivity contribution < 1.29 is 9.53 Å². The molecule has 3 rings (SSSR count). The molecule has 0 radical (unpaired) electrons. The van der Waals surface area contributed by atoms with E-state index in [2.05, 4.69) is 22.8 Å². The van der Waals surface area contributed by atoms with Crippen molar-refractivity contribution in [2.45, 2.75) is 32.3 Å². The number of amides is 1. The van der Waals surface area contributed by atoms with Gasteiger partial charge in [0.05, 0.1) is 0 Å². The van der Waals surface area contributed by atoms with Gasteiger partial charge in [0.25, 0.3) is 5.91 Å². The van der Waals surface area contributed by atoms with Gasteiger partial charge in [-0.15, -0.1) is 12.4 Å². The fraction of sp³-hybridized carbons (Fsp3) is 0.409. The third-order valence-electron chi connectivity index (χ3n) is 4.89. The van der Waals surface area contributed by atoms with Crippen molar-refractivity contribution >= 4 is 18.3 Å². The number of halogens is 1. The lowest BCUT2D eigenvalue weighted by Gasteiger charge is -2.23. The van der Waals surface area contributed by atoms with Crippen molar-refractivity contribution in [3.05, 3.63) is 54.6 Å². The first kappa shape index (κ1) is 21.3. The fourth-order valence-electron chi connectivity index (χ4n) is 3.33. The van der Waals surface area contributed by atoms with Crippen LogP contribution >= 0.6 is 12.4 Å². The van der Waals surface area contributed by atoms with Gasteiger partial charge < -0.3 is 15.4 Å². The molecule has 1 amide bonds. The van der Waals surface area contributed by atoms with E-state index >= 15 is 0 Å². The van der Waals surface area contributed by atoms with Gasteiger partial charge in [-0.2, -0.15) is 0 Å². The summed E-state index contributed by atoms with van der Waals surface area (Å²) in [6.07, 6.45) is 3.01. The molecule has 0 aliphatic carbocycles. The molecule has 0 spiro atoms. The lowest BCUT2D eigenvalue weighted by Crippen LogP contribution is -2.38. The highest BCUT2D eigenvalue weighted by atomic mass is 35.5. The standard InChI is InChI=1S/C22H28N2O2.ClH/c1-17(22(25)24-15-13-18-6-5-14-23-16-18)26-21-11-9-20(10-12-21)19-7-3-2-4-8-19;/h2-4,7-12,17-18,23H,5-6,13-16H2,1H3,(H,24,25);1H. The molecule has 1 aliphatic rings. The zero-order valence-electron chi connectivity index (χ0n) is 15.8. The van der Waals surface area contributed by atoms with Crippen LogP contribution in [0.15, 0.2) is 54.6 Å². The minimum Gasteiger partial charge on any atom is -0.481 e. The SMILES string of the molecule is CC(Oc1ccc(-c2ccccc2)cc1)C(=O)NCCC1CCCNC1.Cl. The second-order valence-corrected chi connectivity index (χ2v) is 6.94. The maximum atomic E-state index is 12.2. The highest BCUT2D eigenvalue weighted by molar-refractivity contribution is 5.85. The molecule has 1 saturated heterocycles. The molecular weight excluding hydrogens is 360 g/mol. The van der Waals surface area contributed by atoms with Gasteiger partial charge in [-0.25, -0.2) is 0 Å². The highest BCUT2D eigenvalue weighted by Crippen LogP contribution is 2.22. The Hall–Kier alpha value is -2.04. The third-order valence-corrected chi connectivity index (χ3v) is 4.89. The Bertz CT molecular complexity index is 685. The number of carbonyl (C=O) groups is 1. The van der Waals surface area contributed by atoms with Crippen molar-refractivity contribution in [2.75, 3.05) is 19.6 Å². The Labute approximate surface area is 168 Å². The maximum absolute atomic E-state index is 12.2. The van der Waals surface area contributed by atoms with Crippen molar-refractivity contribution in [1.29, 1.82) is 0 Å². The summed E-state index contributed by atoms with van der Waals surface area (Å²) in [6, 6.07) is 18.1. The van der Waals surface area contributed by atoms with E-state index in [1.54, 1.807) is 6.92 Å². The summed E-state index contributed by atoms with van der Waals surface area (Å²) < 4.78 is 5.79. The molecule has 2 N–H and O–H groups in total. The number of piperidine rings is 1. The van der Waals surface area contributed by atoms with Crippen LogP contribution in [0.2, 0.25) is 0 Å². The number of carbonyl (C=O) groups excluding carboxylic acids is 1. The van der Waals surface area contributed by atoms with E-state index in [0.717, 1.165) is 25.1 Å². The minimum absolute atomic E-state index is 0. The van der Waals surface area contributed by atoms with Gasteiger partial charge in [0.2, 0.25) is 0 Å². The zero-order chi connectivity index (χ0) is 18.2. The number of hydrogen-bond donors (Lipinski definition) is 2. The Morgan fingerprint density at radius 2 is 1.85 bits per heavy atom. The van der Waals surface area contributed by atoms with Gasteiger partial charge in [-0.1, -0.05) is 42.5 Å². The molecule has 2 aromatic rings. The smallest absolute Gasteiger partial charge is 0.260 e. The second kappa shape index (κ2) is 11.0. The lowest BCUT2D eigenvalue weighted by atomic mass is 9.96. The van der Waals surface area contributed by atoms with E-state index in [9.17, 15) is 4.79 Å². The summed E-state index contributed by atoms with van der Waals surface area (Å²) in [5, 5.41) is 6.40. The summed E-state index contributed by atoms with van der Waals surface area (Å²) in [6.45, 7) is 4.70. The van der Waals surface area contributed by atoms with Crippen molar-refractivity contribution in [3.8, 4) is 16.9 Å². The topological polar surface area (TPSA) is 50.4 Å². The number of benzene rings is 2. The van der Waals surface area contributed by atoms with Crippen LogP contribution < -0.4 is 15.4 Å². The lowest BCUT2D eigenvalue weighted by molar-refractivity contribution is -0.127. The molecule has 0 aromatic heterocycles.